The Morgan fingerprint density at radius 1 is 0.840 bits per heavy atom. The van der Waals surface area contributed by atoms with Crippen LogP contribution in [0.5, 0.6) is 0 Å². The molecule has 50 heavy (non-hydrogen) atoms. The van der Waals surface area contributed by atoms with Gasteiger partial charge in [-0.15, -0.1) is 10.2 Å². The molecule has 14 nitrogen and oxygen atoms in total. The zero-order valence-electron chi connectivity index (χ0n) is 30.9. The molecule has 2 aromatic heterocycles. The van der Waals surface area contributed by atoms with E-state index in [-0.39, 0.29) is 23.2 Å². The van der Waals surface area contributed by atoms with Crippen LogP contribution in [0, 0.1) is 0 Å². The average molecular weight is 692 g/mol. The van der Waals surface area contributed by atoms with Crippen molar-refractivity contribution in [3.8, 4) is 22.9 Å². The van der Waals surface area contributed by atoms with Crippen LogP contribution >= 0.6 is 0 Å². The highest BCUT2D eigenvalue weighted by molar-refractivity contribution is 6.62. The van der Waals surface area contributed by atoms with E-state index < -0.39 is 47.8 Å². The summed E-state index contributed by atoms with van der Waals surface area (Å²) in [5.74, 6) is 0.320. The first-order valence-corrected chi connectivity index (χ1v) is 16.1. The van der Waals surface area contributed by atoms with Crippen LogP contribution in [0.2, 0.25) is 0 Å². The van der Waals surface area contributed by atoms with Gasteiger partial charge in [0, 0.05) is 30.8 Å². The lowest BCUT2D eigenvalue weighted by Gasteiger charge is -2.28. The normalized spacial score (nSPS) is 14.6. The second-order valence-corrected chi connectivity index (χ2v) is 15.4. The molecule has 3 amide bonds. The average Bonchev–Trinajstić information content (AvgIpc) is 3.55. The third kappa shape index (κ3) is 9.62. The van der Waals surface area contributed by atoms with E-state index in [9.17, 15) is 14.4 Å². The van der Waals surface area contributed by atoms with E-state index in [1.807, 2.05) is 46.8 Å². The number of hydrogen-bond donors (Lipinski definition) is 0. The molecule has 1 aliphatic rings. The summed E-state index contributed by atoms with van der Waals surface area (Å²) in [6, 6.07) is 8.77. The van der Waals surface area contributed by atoms with Crippen LogP contribution in [-0.2, 0) is 30.1 Å². The SMILES string of the molecule is C=C1OB(c2cnc(N(C(=O)OC(C)(C)C)C(=O)OC(C)(C)C)c(-c3nnc(-c4ccc(CN(C)C(=O)OC(C)(C)C)cc4)o3)c2)OC1(C)C. The predicted molar refractivity (Wildman–Crippen MR) is 186 cm³/mol. The minimum atomic E-state index is -1.03. The van der Waals surface area contributed by atoms with Gasteiger partial charge in [-0.1, -0.05) is 18.7 Å². The minimum Gasteiger partial charge on any atom is -0.534 e. The molecular weight excluding hydrogens is 645 g/mol. The molecule has 1 saturated heterocycles. The highest BCUT2D eigenvalue weighted by atomic mass is 16.7. The van der Waals surface area contributed by atoms with Crippen molar-refractivity contribution in [3.05, 3.63) is 54.4 Å². The Kier molecular flexibility index (Phi) is 10.4. The monoisotopic (exact) mass is 691 g/mol. The van der Waals surface area contributed by atoms with Crippen LogP contribution < -0.4 is 10.4 Å². The lowest BCUT2D eigenvalue weighted by molar-refractivity contribution is 0.0283. The highest BCUT2D eigenvalue weighted by Gasteiger charge is 2.44. The van der Waals surface area contributed by atoms with Crippen LogP contribution in [0.15, 0.2) is 53.3 Å². The van der Waals surface area contributed by atoms with Crippen molar-refractivity contribution in [2.45, 2.75) is 105 Å². The maximum Gasteiger partial charge on any atom is 0.564 e. The number of carbonyl (C=O) groups excluding carboxylic acids is 3. The number of ether oxygens (including phenoxy) is 3. The van der Waals surface area contributed by atoms with Gasteiger partial charge in [0.1, 0.15) is 22.4 Å². The maximum atomic E-state index is 13.6. The molecule has 1 fully saturated rings. The van der Waals surface area contributed by atoms with Crippen LogP contribution in [0.1, 0.15) is 81.7 Å². The molecule has 0 aliphatic carbocycles. The number of imide groups is 1. The third-order valence-electron chi connectivity index (χ3n) is 6.83. The number of nitrogens with zero attached hydrogens (tertiary/aromatic N) is 5. The summed E-state index contributed by atoms with van der Waals surface area (Å²) in [6.07, 6.45) is -1.09. The molecule has 15 heteroatoms. The number of aromatic nitrogens is 3. The van der Waals surface area contributed by atoms with E-state index in [1.165, 1.54) is 11.1 Å². The standard InChI is InChI=1S/C35H46BN5O9/c1-21-35(11,12)50-36(49-21)24-18-25(26(37-19-24)41(30(43)47-33(5,6)7)31(44)48-34(8,9)10)28-39-38-27(45-28)23-16-14-22(15-17-23)20-40(13)29(42)46-32(2,3)4/h14-19H,1,20H2,2-13H3. The van der Waals surface area contributed by atoms with Gasteiger partial charge in [0.25, 0.3) is 5.89 Å². The van der Waals surface area contributed by atoms with Crippen molar-refractivity contribution in [2.75, 3.05) is 11.9 Å². The fourth-order valence-corrected chi connectivity index (χ4v) is 4.45. The molecule has 4 rings (SSSR count). The van der Waals surface area contributed by atoms with Crippen molar-refractivity contribution < 1.29 is 42.3 Å². The fourth-order valence-electron chi connectivity index (χ4n) is 4.45. The minimum absolute atomic E-state index is 0.0636. The molecule has 3 aromatic rings. The Morgan fingerprint density at radius 3 is 1.86 bits per heavy atom. The van der Waals surface area contributed by atoms with Crippen LogP contribution in [0.25, 0.3) is 22.9 Å². The zero-order chi connectivity index (χ0) is 37.4. The van der Waals surface area contributed by atoms with Gasteiger partial charge >= 0.3 is 25.4 Å². The Labute approximate surface area is 293 Å². The first-order chi connectivity index (χ1) is 22.9. The highest BCUT2D eigenvalue weighted by Crippen LogP contribution is 2.34. The van der Waals surface area contributed by atoms with Gasteiger partial charge in [-0.3, -0.25) is 0 Å². The third-order valence-corrected chi connectivity index (χ3v) is 6.83. The first kappa shape index (κ1) is 37.9. The van der Waals surface area contributed by atoms with Gasteiger partial charge in [-0.2, -0.15) is 4.90 Å². The summed E-state index contributed by atoms with van der Waals surface area (Å²) in [4.78, 5) is 46.3. The number of amides is 3. The van der Waals surface area contributed by atoms with Crippen molar-refractivity contribution in [2.24, 2.45) is 0 Å². The van der Waals surface area contributed by atoms with Crippen molar-refractivity contribution in [1.29, 1.82) is 0 Å². The van der Waals surface area contributed by atoms with Gasteiger partial charge in [-0.05, 0) is 99.9 Å². The number of anilines is 1. The van der Waals surface area contributed by atoms with Crippen molar-refractivity contribution in [3.63, 3.8) is 0 Å². The summed E-state index contributed by atoms with van der Waals surface area (Å²) in [5.41, 5.74) is -1.35. The molecule has 0 unspecified atom stereocenters. The first-order valence-electron chi connectivity index (χ1n) is 16.1. The molecule has 1 aliphatic heterocycles. The number of pyridine rings is 1. The lowest BCUT2D eigenvalue weighted by atomic mass is 9.79. The zero-order valence-corrected chi connectivity index (χ0v) is 30.9. The number of carbonyl (C=O) groups is 3. The fraction of sp³-hybridized carbons (Fsp3) is 0.486. The second kappa shape index (κ2) is 13.8. The Hall–Kier alpha value is -4.92. The Morgan fingerprint density at radius 2 is 1.36 bits per heavy atom. The van der Waals surface area contributed by atoms with Gasteiger partial charge in [0.2, 0.25) is 5.89 Å². The summed E-state index contributed by atoms with van der Waals surface area (Å²) >= 11 is 0. The van der Waals surface area contributed by atoms with E-state index in [0.717, 1.165) is 5.56 Å². The molecule has 268 valence electrons. The molecule has 0 radical (unpaired) electrons. The maximum absolute atomic E-state index is 13.6. The Bertz CT molecular complexity index is 1720. The van der Waals surface area contributed by atoms with Gasteiger partial charge in [-0.25, -0.2) is 19.4 Å². The summed E-state index contributed by atoms with van der Waals surface area (Å²) in [7, 11) is 0.755. The molecule has 0 N–H and O–H groups in total. The largest absolute Gasteiger partial charge is 0.564 e. The number of benzene rings is 1. The number of rotatable bonds is 6. The molecule has 0 bridgehead atoms. The van der Waals surface area contributed by atoms with E-state index in [1.54, 1.807) is 66.8 Å². The van der Waals surface area contributed by atoms with Crippen molar-refractivity contribution in [1.82, 2.24) is 20.1 Å². The van der Waals surface area contributed by atoms with E-state index in [0.29, 0.717) is 28.2 Å². The van der Waals surface area contributed by atoms with E-state index >= 15 is 0 Å². The summed E-state index contributed by atoms with van der Waals surface area (Å²) in [5, 5.41) is 8.49. The predicted octanol–water partition coefficient (Wildman–Crippen LogP) is 6.88. The van der Waals surface area contributed by atoms with E-state index in [2.05, 4.69) is 21.8 Å². The molecular formula is C35H46BN5O9. The van der Waals surface area contributed by atoms with Crippen LogP contribution in [0.3, 0.4) is 0 Å². The van der Waals surface area contributed by atoms with Gasteiger partial charge < -0.3 is 32.8 Å². The van der Waals surface area contributed by atoms with Gasteiger partial charge in [0.05, 0.1) is 11.3 Å². The second-order valence-electron chi connectivity index (χ2n) is 15.4. The van der Waals surface area contributed by atoms with Crippen LogP contribution in [-0.4, -0.2) is 74.9 Å². The molecule has 0 atom stereocenters. The number of hydrogen-bond acceptors (Lipinski definition) is 12. The van der Waals surface area contributed by atoms with Gasteiger partial charge in [0.15, 0.2) is 5.82 Å². The lowest BCUT2D eigenvalue weighted by Crippen LogP contribution is -2.45. The summed E-state index contributed by atoms with van der Waals surface area (Å²) < 4.78 is 34.7. The topological polar surface area (TPSA) is 156 Å². The molecule has 1 aromatic carbocycles. The van der Waals surface area contributed by atoms with Crippen LogP contribution in [0.4, 0.5) is 20.2 Å². The Balaban J connectivity index is 1.74. The summed E-state index contributed by atoms with van der Waals surface area (Å²) in [6.45, 7) is 23.3. The van der Waals surface area contributed by atoms with Crippen molar-refractivity contribution >= 4 is 36.7 Å². The van der Waals surface area contributed by atoms with E-state index in [4.69, 9.17) is 27.9 Å². The molecule has 0 spiro atoms. The molecule has 3 heterocycles. The quantitative estimate of drug-likeness (QED) is 0.195. The smallest absolute Gasteiger partial charge is 0.534 e. The molecule has 0 saturated carbocycles.